The molecule has 0 radical (unpaired) electrons. The van der Waals surface area contributed by atoms with Crippen molar-refractivity contribution in [1.82, 2.24) is 0 Å². The summed E-state index contributed by atoms with van der Waals surface area (Å²) in [5.74, 6) is 1.34. The largest absolute Gasteiger partial charge is 0.0844 e. The first-order valence-electron chi connectivity index (χ1n) is 11.9. The van der Waals surface area contributed by atoms with E-state index < -0.39 is 15.8 Å². The van der Waals surface area contributed by atoms with Gasteiger partial charge in [-0.25, -0.2) is 0 Å². The van der Waals surface area contributed by atoms with Gasteiger partial charge in [-0.3, -0.25) is 0 Å². The van der Waals surface area contributed by atoms with Crippen molar-refractivity contribution in [3.8, 4) is 0 Å². The molecule has 33 heavy (non-hydrogen) atoms. The van der Waals surface area contributed by atoms with Gasteiger partial charge in [-0.2, -0.15) is 0 Å². The maximum Gasteiger partial charge on any atom is 0.00137 e. The summed E-state index contributed by atoms with van der Waals surface area (Å²) in [6, 6.07) is 45.4. The van der Waals surface area contributed by atoms with Crippen molar-refractivity contribution in [1.29, 1.82) is 0 Å². The van der Waals surface area contributed by atoms with Gasteiger partial charge in [-0.05, 0) is 55.3 Å². The molecule has 1 saturated carbocycles. The predicted molar refractivity (Wildman–Crippen MR) is 146 cm³/mol. The fraction of sp³-hybridized carbons (Fsp3) is 0.161. The Balaban J connectivity index is 1.52. The summed E-state index contributed by atoms with van der Waals surface area (Å²) < 4.78 is 0. The van der Waals surface area contributed by atoms with E-state index in [-0.39, 0.29) is 0 Å². The molecule has 0 aromatic heterocycles. The highest BCUT2D eigenvalue weighted by Crippen LogP contribution is 2.64. The molecule has 4 aromatic rings. The SMILES string of the molecule is C1=CC2CC1C(P(c1ccccc1)c1ccccc1)C2P(c1ccccc1)c1ccccc1. The van der Waals surface area contributed by atoms with E-state index in [4.69, 9.17) is 0 Å². The highest BCUT2D eigenvalue weighted by atomic mass is 31.1. The third kappa shape index (κ3) is 4.01. The van der Waals surface area contributed by atoms with Crippen molar-refractivity contribution in [2.24, 2.45) is 11.8 Å². The van der Waals surface area contributed by atoms with Gasteiger partial charge >= 0.3 is 0 Å². The molecule has 162 valence electrons. The molecule has 2 aliphatic carbocycles. The maximum atomic E-state index is 2.55. The van der Waals surface area contributed by atoms with E-state index in [1.54, 1.807) is 0 Å². The van der Waals surface area contributed by atoms with Crippen LogP contribution in [0.15, 0.2) is 133 Å². The molecule has 1 fully saturated rings. The van der Waals surface area contributed by atoms with E-state index in [0.29, 0.717) is 23.2 Å². The molecule has 6 rings (SSSR count). The molecule has 0 aliphatic heterocycles. The Kier molecular flexibility index (Phi) is 5.98. The van der Waals surface area contributed by atoms with E-state index in [2.05, 4.69) is 133 Å². The molecule has 2 aliphatic rings. The molecule has 4 atom stereocenters. The fourth-order valence-electron chi connectivity index (χ4n) is 5.80. The van der Waals surface area contributed by atoms with Crippen LogP contribution in [-0.4, -0.2) is 11.3 Å². The summed E-state index contributed by atoms with van der Waals surface area (Å²) in [7, 11) is -0.909. The summed E-state index contributed by atoms with van der Waals surface area (Å²) >= 11 is 0. The normalized spacial score (nSPS) is 23.5. The standard InChI is InChI=1S/C31H28P2/c1-5-13-26(14-6-1)32(27-15-7-2-8-16-27)30-24-21-22-25(23-24)31(30)33(28-17-9-3-10-18-28)29-19-11-4-12-20-29/h1-22,24-25,30-31H,23H2. The lowest BCUT2D eigenvalue weighted by Gasteiger charge is -2.40. The zero-order chi connectivity index (χ0) is 22.0. The van der Waals surface area contributed by atoms with Crippen LogP contribution in [0.25, 0.3) is 0 Å². The Morgan fingerprint density at radius 3 is 0.939 bits per heavy atom. The third-order valence-corrected chi connectivity index (χ3v) is 13.4. The second kappa shape index (κ2) is 9.38. The van der Waals surface area contributed by atoms with E-state index >= 15 is 0 Å². The zero-order valence-corrected chi connectivity index (χ0v) is 20.4. The van der Waals surface area contributed by atoms with E-state index in [1.165, 1.54) is 27.6 Å². The fourth-order valence-corrected chi connectivity index (χ4v) is 12.8. The number of fused-ring (bicyclic) bond motifs is 2. The minimum Gasteiger partial charge on any atom is -0.0844 e. The lowest BCUT2D eigenvalue weighted by Crippen LogP contribution is -2.37. The molecule has 0 spiro atoms. The predicted octanol–water partition coefficient (Wildman–Crippen LogP) is 6.20. The van der Waals surface area contributed by atoms with Gasteiger partial charge in [0.05, 0.1) is 0 Å². The molecule has 0 N–H and O–H groups in total. The van der Waals surface area contributed by atoms with Gasteiger partial charge in [0, 0.05) is 11.3 Å². The summed E-state index contributed by atoms with van der Waals surface area (Å²) in [5, 5.41) is 6.08. The number of hydrogen-bond donors (Lipinski definition) is 0. The Hall–Kier alpha value is -2.52. The molecular formula is C31H28P2. The first-order chi connectivity index (χ1) is 16.4. The van der Waals surface area contributed by atoms with Crippen LogP contribution in [0.2, 0.25) is 0 Å². The number of allylic oxidation sites excluding steroid dienone is 2. The van der Waals surface area contributed by atoms with Gasteiger partial charge in [-0.15, -0.1) is 0 Å². The van der Waals surface area contributed by atoms with Crippen molar-refractivity contribution in [2.75, 3.05) is 0 Å². The van der Waals surface area contributed by atoms with Gasteiger partial charge in [0.25, 0.3) is 0 Å². The molecule has 4 unspecified atom stereocenters. The van der Waals surface area contributed by atoms with E-state index in [1.807, 2.05) is 0 Å². The highest BCUT2D eigenvalue weighted by molar-refractivity contribution is 7.77. The number of benzene rings is 4. The van der Waals surface area contributed by atoms with E-state index in [9.17, 15) is 0 Å². The first-order valence-corrected chi connectivity index (χ1v) is 14.7. The smallest absolute Gasteiger partial charge is 0.00137 e. The van der Waals surface area contributed by atoms with Crippen molar-refractivity contribution in [2.45, 2.75) is 17.7 Å². The molecule has 2 heteroatoms. The highest BCUT2D eigenvalue weighted by Gasteiger charge is 2.51. The lowest BCUT2D eigenvalue weighted by molar-refractivity contribution is 0.695. The van der Waals surface area contributed by atoms with Crippen LogP contribution in [0, 0.1) is 11.8 Å². The Labute approximate surface area is 199 Å². The van der Waals surface area contributed by atoms with Crippen molar-refractivity contribution >= 4 is 37.1 Å². The molecule has 2 bridgehead atoms. The van der Waals surface area contributed by atoms with Crippen molar-refractivity contribution in [3.63, 3.8) is 0 Å². The second-order valence-corrected chi connectivity index (χ2v) is 13.7. The Bertz CT molecular complexity index is 1030. The summed E-state index contributed by atoms with van der Waals surface area (Å²) in [4.78, 5) is 0. The molecule has 0 saturated heterocycles. The second-order valence-electron chi connectivity index (χ2n) is 9.01. The first kappa shape index (κ1) is 21.0. The zero-order valence-electron chi connectivity index (χ0n) is 18.6. The van der Waals surface area contributed by atoms with Gasteiger partial charge in [0.2, 0.25) is 0 Å². The number of hydrogen-bond acceptors (Lipinski definition) is 0. The monoisotopic (exact) mass is 462 g/mol. The van der Waals surface area contributed by atoms with Crippen molar-refractivity contribution in [3.05, 3.63) is 133 Å². The molecule has 0 heterocycles. The lowest BCUT2D eigenvalue weighted by atomic mass is 10.1. The van der Waals surface area contributed by atoms with Gasteiger partial charge in [0.1, 0.15) is 0 Å². The van der Waals surface area contributed by atoms with Crippen LogP contribution >= 0.6 is 15.8 Å². The molecule has 0 nitrogen and oxygen atoms in total. The summed E-state index contributed by atoms with van der Waals surface area (Å²) in [6.07, 6.45) is 6.42. The summed E-state index contributed by atoms with van der Waals surface area (Å²) in [5.41, 5.74) is 1.32. The van der Waals surface area contributed by atoms with E-state index in [0.717, 1.165) is 0 Å². The molecular weight excluding hydrogens is 434 g/mol. The summed E-state index contributed by atoms with van der Waals surface area (Å²) in [6.45, 7) is 0. The Morgan fingerprint density at radius 2 is 0.667 bits per heavy atom. The van der Waals surface area contributed by atoms with Crippen LogP contribution in [0.4, 0.5) is 0 Å². The quantitative estimate of drug-likeness (QED) is 0.237. The van der Waals surface area contributed by atoms with Crippen LogP contribution in [-0.2, 0) is 0 Å². The van der Waals surface area contributed by atoms with Gasteiger partial charge in [0.15, 0.2) is 0 Å². The minimum absolute atomic E-state index is 0.454. The van der Waals surface area contributed by atoms with Crippen molar-refractivity contribution < 1.29 is 0 Å². The van der Waals surface area contributed by atoms with Crippen LogP contribution in [0.5, 0.6) is 0 Å². The Morgan fingerprint density at radius 1 is 0.394 bits per heavy atom. The average molecular weight is 463 g/mol. The molecule has 0 amide bonds. The van der Waals surface area contributed by atoms with Crippen LogP contribution < -0.4 is 21.2 Å². The average Bonchev–Trinajstić information content (AvgIpc) is 3.50. The van der Waals surface area contributed by atoms with Gasteiger partial charge < -0.3 is 0 Å². The van der Waals surface area contributed by atoms with Crippen LogP contribution in [0.1, 0.15) is 6.42 Å². The molecule has 4 aromatic carbocycles. The minimum atomic E-state index is -0.454. The number of rotatable bonds is 6. The topological polar surface area (TPSA) is 0 Å². The third-order valence-electron chi connectivity index (χ3n) is 7.11. The maximum absolute atomic E-state index is 2.55. The van der Waals surface area contributed by atoms with Crippen LogP contribution in [0.3, 0.4) is 0 Å². The van der Waals surface area contributed by atoms with Gasteiger partial charge in [-0.1, -0.05) is 133 Å².